The number of hydrogen-bond acceptors (Lipinski definition) is 3. The Balaban J connectivity index is 1.58. The molecule has 0 bridgehead atoms. The van der Waals surface area contributed by atoms with Crippen LogP contribution in [-0.2, 0) is 17.8 Å². The van der Waals surface area contributed by atoms with E-state index in [1.807, 2.05) is 85.8 Å². The van der Waals surface area contributed by atoms with Crippen LogP contribution in [0, 0.1) is 6.92 Å². The van der Waals surface area contributed by atoms with Crippen LogP contribution in [0.4, 0.5) is 0 Å². The van der Waals surface area contributed by atoms with Gasteiger partial charge in [-0.2, -0.15) is 0 Å². The molecule has 1 atom stereocenters. The summed E-state index contributed by atoms with van der Waals surface area (Å²) in [7, 11) is 0. The first-order valence-electron chi connectivity index (χ1n) is 11.4. The quantitative estimate of drug-likeness (QED) is 0.415. The number of amides is 1. The summed E-state index contributed by atoms with van der Waals surface area (Å²) in [6.07, 6.45) is 0.716. The van der Waals surface area contributed by atoms with Gasteiger partial charge in [0.15, 0.2) is 0 Å². The minimum absolute atomic E-state index is 0.0969. The largest absolute Gasteiger partial charge is 0.350 e. The van der Waals surface area contributed by atoms with Crippen LogP contribution in [0.3, 0.4) is 0 Å². The number of thioether (sulfide) groups is 1. The molecule has 1 unspecified atom stereocenters. The van der Waals surface area contributed by atoms with Gasteiger partial charge in [0.2, 0.25) is 5.91 Å². The van der Waals surface area contributed by atoms with E-state index in [-0.39, 0.29) is 11.5 Å². The molecule has 1 aliphatic rings. The molecule has 1 aromatic heterocycles. The average molecular weight is 467 g/mol. The molecule has 0 saturated heterocycles. The van der Waals surface area contributed by atoms with Gasteiger partial charge in [-0.15, -0.1) is 11.8 Å². The third-order valence-corrected chi connectivity index (χ3v) is 7.52. The number of carbonyl (C=O) groups is 1. The molecule has 34 heavy (non-hydrogen) atoms. The van der Waals surface area contributed by atoms with Gasteiger partial charge in [0, 0.05) is 18.7 Å². The lowest BCUT2D eigenvalue weighted by molar-refractivity contribution is -0.124. The maximum absolute atomic E-state index is 13.8. The summed E-state index contributed by atoms with van der Waals surface area (Å²) in [5, 5.41) is 3.95. The third-order valence-electron chi connectivity index (χ3n) is 6.33. The number of hydrogen-bond donors (Lipinski definition) is 1. The third kappa shape index (κ3) is 4.31. The second kappa shape index (κ2) is 9.74. The van der Waals surface area contributed by atoms with Gasteiger partial charge in [-0.25, -0.2) is 0 Å². The first-order chi connectivity index (χ1) is 16.6. The van der Waals surface area contributed by atoms with Crippen LogP contribution >= 0.6 is 11.8 Å². The fraction of sp³-hybridized carbons (Fsp3) is 0.172. The van der Waals surface area contributed by atoms with Crippen molar-refractivity contribution < 1.29 is 4.79 Å². The molecular weight excluding hydrogens is 440 g/mol. The summed E-state index contributed by atoms with van der Waals surface area (Å²) in [4.78, 5) is 27.1. The molecule has 0 aliphatic carbocycles. The maximum atomic E-state index is 13.8. The Morgan fingerprint density at radius 1 is 0.912 bits per heavy atom. The van der Waals surface area contributed by atoms with E-state index >= 15 is 0 Å². The van der Waals surface area contributed by atoms with Crippen LogP contribution in [0.2, 0.25) is 0 Å². The van der Waals surface area contributed by atoms with E-state index in [1.165, 1.54) is 5.56 Å². The van der Waals surface area contributed by atoms with Crippen molar-refractivity contribution in [2.24, 2.45) is 0 Å². The number of benzene rings is 3. The van der Waals surface area contributed by atoms with Crippen molar-refractivity contribution in [2.75, 3.05) is 5.75 Å². The predicted molar refractivity (Wildman–Crippen MR) is 138 cm³/mol. The summed E-state index contributed by atoms with van der Waals surface area (Å²) in [6, 6.07) is 29.4. The molecule has 4 nitrogen and oxygen atoms in total. The van der Waals surface area contributed by atoms with Gasteiger partial charge < -0.3 is 5.32 Å². The van der Waals surface area contributed by atoms with Gasteiger partial charge in [0.1, 0.15) is 6.04 Å². The Bertz CT molecular complexity index is 1370. The number of rotatable bonds is 6. The zero-order chi connectivity index (χ0) is 23.5. The van der Waals surface area contributed by atoms with Crippen LogP contribution in [-0.4, -0.2) is 16.2 Å². The smallest absolute Gasteiger partial charge is 0.260 e. The molecule has 3 aromatic carbocycles. The maximum Gasteiger partial charge on any atom is 0.260 e. The van der Waals surface area contributed by atoms with E-state index in [4.69, 9.17) is 0 Å². The zero-order valence-corrected chi connectivity index (χ0v) is 19.8. The summed E-state index contributed by atoms with van der Waals surface area (Å²) in [5.41, 5.74) is 5.79. The molecule has 4 aromatic rings. The molecule has 5 heteroatoms. The Hall–Kier alpha value is -3.57. The van der Waals surface area contributed by atoms with Gasteiger partial charge in [0.05, 0.1) is 10.6 Å². The lowest BCUT2D eigenvalue weighted by Gasteiger charge is -2.20. The van der Waals surface area contributed by atoms with Gasteiger partial charge >= 0.3 is 0 Å². The first-order valence-corrected chi connectivity index (χ1v) is 12.4. The lowest BCUT2D eigenvalue weighted by atomic mass is 9.94. The average Bonchev–Trinajstić information content (AvgIpc) is 3.33. The topological polar surface area (TPSA) is 51.1 Å². The molecule has 1 N–H and O–H groups in total. The second-order valence-corrected chi connectivity index (χ2v) is 9.53. The lowest BCUT2D eigenvalue weighted by Crippen LogP contribution is -2.37. The van der Waals surface area contributed by atoms with Crippen LogP contribution < -0.4 is 10.9 Å². The Labute approximate surface area is 203 Å². The summed E-state index contributed by atoms with van der Waals surface area (Å²) in [6.45, 7) is 2.48. The van der Waals surface area contributed by atoms with E-state index in [2.05, 4.69) is 17.4 Å². The number of aromatic nitrogens is 1. The Kier molecular flexibility index (Phi) is 6.37. The molecule has 0 saturated carbocycles. The minimum atomic E-state index is -0.534. The molecule has 170 valence electrons. The van der Waals surface area contributed by atoms with E-state index < -0.39 is 6.04 Å². The molecule has 0 radical (unpaired) electrons. The number of nitrogens with one attached hydrogen (secondary N) is 1. The number of carbonyl (C=O) groups excluding carboxylic acids is 1. The Morgan fingerprint density at radius 2 is 1.50 bits per heavy atom. The monoisotopic (exact) mass is 466 g/mol. The van der Waals surface area contributed by atoms with Gasteiger partial charge in [-0.1, -0.05) is 91.0 Å². The molecule has 0 spiro atoms. The number of pyridine rings is 1. The van der Waals surface area contributed by atoms with Gasteiger partial charge in [-0.05, 0) is 34.7 Å². The van der Waals surface area contributed by atoms with E-state index in [1.54, 1.807) is 16.3 Å². The molecule has 5 rings (SSSR count). The van der Waals surface area contributed by atoms with Crippen molar-refractivity contribution in [3.8, 4) is 11.1 Å². The highest BCUT2D eigenvalue weighted by molar-refractivity contribution is 7.99. The molecular formula is C29H26N2O2S. The van der Waals surface area contributed by atoms with Crippen molar-refractivity contribution >= 4 is 17.7 Å². The van der Waals surface area contributed by atoms with E-state index in [9.17, 15) is 9.59 Å². The first kappa shape index (κ1) is 22.2. The highest BCUT2D eigenvalue weighted by atomic mass is 32.2. The Morgan fingerprint density at radius 3 is 2.15 bits per heavy atom. The summed E-state index contributed by atoms with van der Waals surface area (Å²) < 4.78 is 1.73. The summed E-state index contributed by atoms with van der Waals surface area (Å²) >= 11 is 1.61. The number of nitrogens with zero attached hydrogens (tertiary/aromatic N) is 1. The zero-order valence-electron chi connectivity index (χ0n) is 19.0. The normalized spacial score (nSPS) is 14.6. The fourth-order valence-corrected chi connectivity index (χ4v) is 5.92. The van der Waals surface area contributed by atoms with Crippen LogP contribution in [0.25, 0.3) is 11.1 Å². The standard InChI is InChI=1S/C29H26N2O2S/c1-20-24(17-21-11-5-2-6-12-21)29-31(28(33)26(20)23-15-9-4-10-16-23)25(19-34-29)27(32)30-18-22-13-7-3-8-14-22/h2-16,25H,17-19H2,1H3,(H,30,32). The molecule has 1 aliphatic heterocycles. The second-order valence-electron chi connectivity index (χ2n) is 8.52. The van der Waals surface area contributed by atoms with Crippen molar-refractivity contribution in [1.29, 1.82) is 0 Å². The van der Waals surface area contributed by atoms with Crippen LogP contribution in [0.15, 0.2) is 101 Å². The van der Waals surface area contributed by atoms with E-state index in [0.29, 0.717) is 24.3 Å². The molecule has 1 amide bonds. The van der Waals surface area contributed by atoms with Crippen molar-refractivity contribution in [3.63, 3.8) is 0 Å². The fourth-order valence-electron chi connectivity index (χ4n) is 4.55. The van der Waals surface area contributed by atoms with Crippen LogP contribution in [0.1, 0.15) is 28.3 Å². The molecule has 0 fully saturated rings. The SMILES string of the molecule is Cc1c(Cc2ccccc2)c2n(c(=O)c1-c1ccccc1)C(C(=O)NCc1ccccc1)CS2. The van der Waals surface area contributed by atoms with Crippen molar-refractivity contribution in [1.82, 2.24) is 9.88 Å². The highest BCUT2D eigenvalue weighted by Crippen LogP contribution is 2.39. The van der Waals surface area contributed by atoms with Gasteiger partial charge in [-0.3, -0.25) is 14.2 Å². The van der Waals surface area contributed by atoms with Crippen molar-refractivity contribution in [3.05, 3.63) is 124 Å². The summed E-state index contributed by atoms with van der Waals surface area (Å²) in [5.74, 6) is 0.431. The highest BCUT2D eigenvalue weighted by Gasteiger charge is 2.34. The molecule has 2 heterocycles. The minimum Gasteiger partial charge on any atom is -0.350 e. The predicted octanol–water partition coefficient (Wildman–Crippen LogP) is 5.38. The van der Waals surface area contributed by atoms with Gasteiger partial charge in [0.25, 0.3) is 5.56 Å². The van der Waals surface area contributed by atoms with Crippen molar-refractivity contribution in [2.45, 2.75) is 31.0 Å². The van der Waals surface area contributed by atoms with Crippen LogP contribution in [0.5, 0.6) is 0 Å². The van der Waals surface area contributed by atoms with E-state index in [0.717, 1.165) is 27.3 Å². The number of fused-ring (bicyclic) bond motifs is 1.